The number of pyridine rings is 1. The molecule has 124 valence electrons. The highest BCUT2D eigenvalue weighted by Crippen LogP contribution is 2.25. The Morgan fingerprint density at radius 1 is 1.17 bits per heavy atom. The second-order valence-corrected chi connectivity index (χ2v) is 5.55. The van der Waals surface area contributed by atoms with Gasteiger partial charge in [0, 0.05) is 11.1 Å². The monoisotopic (exact) mass is 330 g/mol. The lowest BCUT2D eigenvalue weighted by molar-refractivity contribution is 0.0541. The number of hydrogen-bond donors (Lipinski definition) is 1. The van der Waals surface area contributed by atoms with Gasteiger partial charge in [-0.3, -0.25) is 9.78 Å². The minimum absolute atomic E-state index is 0.209. The number of nitrogens with one attached hydrogen (secondary N) is 1. The summed E-state index contributed by atoms with van der Waals surface area (Å²) in [6.07, 6.45) is 0. The molecule has 3 aromatic rings. The van der Waals surface area contributed by atoms with Gasteiger partial charge in [0.1, 0.15) is 0 Å². The first-order valence-corrected chi connectivity index (χ1v) is 7.40. The Morgan fingerprint density at radius 3 is 2.58 bits per heavy atom. The van der Waals surface area contributed by atoms with Crippen LogP contribution in [0.15, 0.2) is 30.3 Å². The van der Waals surface area contributed by atoms with E-state index in [0.717, 1.165) is 11.1 Å². The van der Waals surface area contributed by atoms with Crippen LogP contribution in [-0.4, -0.2) is 20.7 Å². The lowest BCUT2D eigenvalue weighted by Gasteiger charge is -2.09. The Hall–Kier alpha value is -2.83. The molecule has 0 fully saturated rings. The molecule has 2 heterocycles. The maximum atomic E-state index is 12.9. The average Bonchev–Trinajstić information content (AvgIpc) is 2.82. The van der Waals surface area contributed by atoms with Gasteiger partial charge in [-0.25, -0.2) is 4.68 Å². The lowest BCUT2D eigenvalue weighted by Crippen LogP contribution is -2.14. The maximum Gasteiger partial charge on any atom is 0.333 e. The molecule has 0 aliphatic heterocycles. The van der Waals surface area contributed by atoms with Crippen molar-refractivity contribution in [3.05, 3.63) is 53.0 Å². The molecule has 2 aromatic heterocycles. The van der Waals surface area contributed by atoms with Crippen molar-refractivity contribution < 1.29 is 13.6 Å². The Kier molecular flexibility index (Phi) is 4.01. The van der Waals surface area contributed by atoms with E-state index in [1.165, 1.54) is 6.92 Å². The van der Waals surface area contributed by atoms with E-state index >= 15 is 0 Å². The van der Waals surface area contributed by atoms with Crippen LogP contribution in [0.3, 0.4) is 0 Å². The molecule has 0 saturated carbocycles. The molecule has 0 unspecified atom stereocenters. The van der Waals surface area contributed by atoms with Crippen LogP contribution >= 0.6 is 0 Å². The molecule has 3 rings (SSSR count). The lowest BCUT2D eigenvalue weighted by atomic mass is 10.1. The van der Waals surface area contributed by atoms with Crippen LogP contribution in [0, 0.1) is 20.8 Å². The molecule has 24 heavy (non-hydrogen) atoms. The van der Waals surface area contributed by atoms with E-state index in [2.05, 4.69) is 15.4 Å². The summed E-state index contributed by atoms with van der Waals surface area (Å²) in [6, 6.07) is 9.04. The van der Waals surface area contributed by atoms with Crippen molar-refractivity contribution in [2.24, 2.45) is 0 Å². The fourth-order valence-electron chi connectivity index (χ4n) is 2.64. The highest BCUT2D eigenvalue weighted by molar-refractivity contribution is 6.12. The number of aryl methyl sites for hydroxylation is 2. The predicted molar refractivity (Wildman–Crippen MR) is 87.4 cm³/mol. The van der Waals surface area contributed by atoms with Gasteiger partial charge in [-0.1, -0.05) is 18.2 Å². The normalized spacial score (nSPS) is 11.2. The third-order valence-electron chi connectivity index (χ3n) is 3.85. The fourth-order valence-corrected chi connectivity index (χ4v) is 2.64. The highest BCUT2D eigenvalue weighted by Gasteiger charge is 2.20. The van der Waals surface area contributed by atoms with Crippen LogP contribution in [-0.2, 0) is 0 Å². The van der Waals surface area contributed by atoms with Crippen molar-refractivity contribution in [1.29, 1.82) is 0 Å². The first-order chi connectivity index (χ1) is 11.4. The fraction of sp³-hybridized carbons (Fsp3) is 0.235. The van der Waals surface area contributed by atoms with Gasteiger partial charge in [0.25, 0.3) is 5.91 Å². The van der Waals surface area contributed by atoms with Crippen LogP contribution in [0.25, 0.3) is 10.9 Å². The number of para-hydroxylation sites is 1. The molecule has 0 radical (unpaired) electrons. The quantitative estimate of drug-likeness (QED) is 0.789. The van der Waals surface area contributed by atoms with E-state index < -0.39 is 12.5 Å². The van der Waals surface area contributed by atoms with E-state index in [4.69, 9.17) is 0 Å². The van der Waals surface area contributed by atoms with Gasteiger partial charge in [-0.15, -0.1) is 0 Å². The number of amides is 1. The van der Waals surface area contributed by atoms with Crippen molar-refractivity contribution in [2.75, 3.05) is 5.32 Å². The van der Waals surface area contributed by atoms with Gasteiger partial charge in [-0.05, 0) is 32.9 Å². The Labute approximate surface area is 137 Å². The number of aromatic nitrogens is 3. The van der Waals surface area contributed by atoms with Gasteiger partial charge in [0.05, 0.1) is 28.2 Å². The number of fused-ring (bicyclic) bond motifs is 1. The molecule has 0 spiro atoms. The van der Waals surface area contributed by atoms with Crippen molar-refractivity contribution in [1.82, 2.24) is 14.8 Å². The zero-order valence-electron chi connectivity index (χ0n) is 13.5. The SMILES string of the molecule is Cc1ccc2cccc(C(=O)Nc3c(C)nn(C(F)F)c3C)c2n1. The second-order valence-electron chi connectivity index (χ2n) is 5.55. The summed E-state index contributed by atoms with van der Waals surface area (Å²) >= 11 is 0. The second kappa shape index (κ2) is 5.99. The first-order valence-electron chi connectivity index (χ1n) is 7.40. The summed E-state index contributed by atoms with van der Waals surface area (Å²) in [7, 11) is 0. The zero-order chi connectivity index (χ0) is 17.4. The van der Waals surface area contributed by atoms with Crippen molar-refractivity contribution in [3.63, 3.8) is 0 Å². The predicted octanol–water partition coefficient (Wildman–Crippen LogP) is 4.00. The van der Waals surface area contributed by atoms with E-state index in [9.17, 15) is 13.6 Å². The summed E-state index contributed by atoms with van der Waals surface area (Å²) in [5, 5.41) is 7.29. The number of halogens is 2. The standard InChI is InChI=1S/C17H16F2N4O/c1-9-7-8-12-5-4-6-13(15(12)20-9)16(24)21-14-10(2)22-23(11(14)3)17(18)19/h4-8,17H,1-3H3,(H,21,24). The average molecular weight is 330 g/mol. The summed E-state index contributed by atoms with van der Waals surface area (Å²) < 4.78 is 26.4. The summed E-state index contributed by atoms with van der Waals surface area (Å²) in [5.74, 6) is -0.404. The number of rotatable bonds is 3. The van der Waals surface area contributed by atoms with Crippen LogP contribution < -0.4 is 5.32 Å². The number of carbonyl (C=O) groups excluding carboxylic acids is 1. The van der Waals surface area contributed by atoms with Crippen molar-refractivity contribution in [2.45, 2.75) is 27.3 Å². The minimum atomic E-state index is -2.75. The topological polar surface area (TPSA) is 59.8 Å². The van der Waals surface area contributed by atoms with E-state index in [0.29, 0.717) is 27.1 Å². The summed E-state index contributed by atoms with van der Waals surface area (Å²) in [6.45, 7) is 2.16. The van der Waals surface area contributed by atoms with Gasteiger partial charge >= 0.3 is 6.55 Å². The molecule has 7 heteroatoms. The molecule has 0 aliphatic carbocycles. The molecule has 1 aromatic carbocycles. The number of hydrogen-bond acceptors (Lipinski definition) is 3. The maximum absolute atomic E-state index is 12.9. The zero-order valence-corrected chi connectivity index (χ0v) is 13.5. The van der Waals surface area contributed by atoms with Crippen LogP contribution in [0.1, 0.15) is 34.0 Å². The number of alkyl halides is 2. The van der Waals surface area contributed by atoms with Crippen molar-refractivity contribution >= 4 is 22.5 Å². The Morgan fingerprint density at radius 2 is 1.92 bits per heavy atom. The number of anilines is 1. The Bertz CT molecular complexity index is 934. The third kappa shape index (κ3) is 2.73. The number of carbonyl (C=O) groups is 1. The molecule has 5 nitrogen and oxygen atoms in total. The summed E-state index contributed by atoms with van der Waals surface area (Å²) in [5.41, 5.74) is 2.60. The third-order valence-corrected chi connectivity index (χ3v) is 3.85. The number of benzene rings is 1. The smallest absolute Gasteiger partial charge is 0.319 e. The minimum Gasteiger partial charge on any atom is -0.319 e. The van der Waals surface area contributed by atoms with E-state index in [-0.39, 0.29) is 5.69 Å². The largest absolute Gasteiger partial charge is 0.333 e. The highest BCUT2D eigenvalue weighted by atomic mass is 19.3. The molecule has 0 aliphatic rings. The van der Waals surface area contributed by atoms with Gasteiger partial charge in [-0.2, -0.15) is 13.9 Å². The molecule has 0 atom stereocenters. The molecule has 1 amide bonds. The molecular weight excluding hydrogens is 314 g/mol. The van der Waals surface area contributed by atoms with Crippen LogP contribution in [0.2, 0.25) is 0 Å². The molecule has 0 saturated heterocycles. The van der Waals surface area contributed by atoms with E-state index in [1.54, 1.807) is 19.1 Å². The number of nitrogens with zero attached hydrogens (tertiary/aromatic N) is 3. The van der Waals surface area contributed by atoms with Gasteiger partial charge in [0.2, 0.25) is 0 Å². The van der Waals surface area contributed by atoms with Crippen molar-refractivity contribution in [3.8, 4) is 0 Å². The van der Waals surface area contributed by atoms with Gasteiger partial charge in [0.15, 0.2) is 0 Å². The van der Waals surface area contributed by atoms with Crippen LogP contribution in [0.4, 0.5) is 14.5 Å². The molecule has 0 bridgehead atoms. The first kappa shape index (κ1) is 16.0. The summed E-state index contributed by atoms with van der Waals surface area (Å²) in [4.78, 5) is 17.1. The van der Waals surface area contributed by atoms with Gasteiger partial charge < -0.3 is 5.32 Å². The molecular formula is C17H16F2N4O. The van der Waals surface area contributed by atoms with E-state index in [1.807, 2.05) is 25.1 Å². The van der Waals surface area contributed by atoms with Crippen LogP contribution in [0.5, 0.6) is 0 Å². The Balaban J connectivity index is 2.01. The molecule has 1 N–H and O–H groups in total.